The highest BCUT2D eigenvalue weighted by Crippen LogP contribution is 2.26. The fraction of sp³-hybridized carbons (Fsp3) is 0.385. The zero-order chi connectivity index (χ0) is 24.5. The third kappa shape index (κ3) is 4.81. The van der Waals surface area contributed by atoms with Crippen molar-refractivity contribution in [1.82, 2.24) is 19.8 Å². The van der Waals surface area contributed by atoms with Crippen LogP contribution in [0, 0.1) is 0 Å². The molecule has 1 aliphatic heterocycles. The molecule has 1 aromatic heterocycles. The second-order valence-electron chi connectivity index (χ2n) is 9.37. The van der Waals surface area contributed by atoms with E-state index in [0.717, 1.165) is 29.4 Å². The summed E-state index contributed by atoms with van der Waals surface area (Å²) in [5.41, 5.74) is 3.28. The summed E-state index contributed by atoms with van der Waals surface area (Å²) in [7, 11) is 0. The fourth-order valence-corrected chi connectivity index (χ4v) is 4.17. The van der Waals surface area contributed by atoms with Gasteiger partial charge in [-0.2, -0.15) is 0 Å². The van der Waals surface area contributed by atoms with E-state index in [-0.39, 0.29) is 18.4 Å². The molecule has 0 saturated heterocycles. The van der Waals surface area contributed by atoms with E-state index < -0.39 is 11.7 Å². The maximum absolute atomic E-state index is 12.8. The molecule has 4 rings (SSSR count). The van der Waals surface area contributed by atoms with Crippen LogP contribution in [0.15, 0.2) is 42.5 Å². The van der Waals surface area contributed by atoms with Crippen LogP contribution in [0.1, 0.15) is 66.2 Å². The summed E-state index contributed by atoms with van der Waals surface area (Å²) >= 11 is 0. The first-order valence-corrected chi connectivity index (χ1v) is 11.6. The number of carbonyl (C=O) groups excluding carboxylic acids is 3. The predicted molar refractivity (Wildman–Crippen MR) is 129 cm³/mol. The number of imidazole rings is 1. The van der Waals surface area contributed by atoms with Crippen molar-refractivity contribution in [2.45, 2.75) is 59.2 Å². The summed E-state index contributed by atoms with van der Waals surface area (Å²) in [6.07, 6.45) is 1.14. The van der Waals surface area contributed by atoms with Crippen LogP contribution in [0.25, 0.3) is 11.0 Å². The number of fused-ring (bicyclic) bond motifs is 2. The van der Waals surface area contributed by atoms with E-state index >= 15 is 0 Å². The highest BCUT2D eigenvalue weighted by Gasteiger charge is 2.36. The molecule has 2 aromatic carbocycles. The van der Waals surface area contributed by atoms with Crippen LogP contribution in [-0.4, -0.2) is 44.5 Å². The summed E-state index contributed by atoms with van der Waals surface area (Å²) in [6.45, 7) is 8.84. The number of ether oxygens (including phenoxy) is 1. The second-order valence-corrected chi connectivity index (χ2v) is 9.37. The van der Waals surface area contributed by atoms with Gasteiger partial charge in [0.1, 0.15) is 11.4 Å². The molecule has 8 heteroatoms. The molecule has 178 valence electrons. The van der Waals surface area contributed by atoms with Crippen molar-refractivity contribution >= 4 is 28.9 Å². The monoisotopic (exact) mass is 462 g/mol. The van der Waals surface area contributed by atoms with Crippen LogP contribution >= 0.6 is 0 Å². The maximum atomic E-state index is 12.8. The zero-order valence-corrected chi connectivity index (χ0v) is 20.1. The molecule has 3 aromatic rings. The molecular formula is C26H30N4O4. The van der Waals surface area contributed by atoms with Crippen molar-refractivity contribution in [3.05, 3.63) is 65.0 Å². The first-order chi connectivity index (χ1) is 16.2. The topological polar surface area (TPSA) is 93.5 Å². The van der Waals surface area contributed by atoms with E-state index in [1.54, 1.807) is 24.3 Å². The predicted octanol–water partition coefficient (Wildman–Crippen LogP) is 4.31. The molecule has 0 saturated carbocycles. The van der Waals surface area contributed by atoms with Crippen LogP contribution < -0.4 is 5.32 Å². The molecule has 8 nitrogen and oxygen atoms in total. The van der Waals surface area contributed by atoms with Gasteiger partial charge in [0.2, 0.25) is 0 Å². The van der Waals surface area contributed by atoms with Crippen LogP contribution in [0.2, 0.25) is 0 Å². The van der Waals surface area contributed by atoms with Crippen molar-refractivity contribution in [1.29, 1.82) is 0 Å². The number of nitrogens with zero attached hydrogens (tertiary/aromatic N) is 3. The highest BCUT2D eigenvalue weighted by molar-refractivity contribution is 6.21. The molecule has 2 heterocycles. The first-order valence-electron chi connectivity index (χ1n) is 11.6. The van der Waals surface area contributed by atoms with Crippen molar-refractivity contribution in [3.63, 3.8) is 0 Å². The summed E-state index contributed by atoms with van der Waals surface area (Å²) in [4.78, 5) is 43.3. The van der Waals surface area contributed by atoms with Gasteiger partial charge in [-0.1, -0.05) is 18.2 Å². The van der Waals surface area contributed by atoms with Crippen LogP contribution in [0.5, 0.6) is 0 Å². The molecule has 0 atom stereocenters. The highest BCUT2D eigenvalue weighted by atomic mass is 16.6. The largest absolute Gasteiger partial charge is 0.444 e. The van der Waals surface area contributed by atoms with E-state index in [2.05, 4.69) is 11.4 Å². The number of benzene rings is 2. The van der Waals surface area contributed by atoms with Gasteiger partial charge in [-0.3, -0.25) is 14.5 Å². The lowest BCUT2D eigenvalue weighted by atomic mass is 10.1. The van der Waals surface area contributed by atoms with Gasteiger partial charge in [-0.15, -0.1) is 0 Å². The van der Waals surface area contributed by atoms with Crippen LogP contribution in [0.4, 0.5) is 4.79 Å². The van der Waals surface area contributed by atoms with Crippen LogP contribution in [0.3, 0.4) is 0 Å². The number of nitrogens with one attached hydrogen (secondary N) is 1. The minimum Gasteiger partial charge on any atom is -0.444 e. The van der Waals surface area contributed by atoms with E-state index in [1.165, 1.54) is 4.90 Å². The minimum atomic E-state index is -0.515. The summed E-state index contributed by atoms with van der Waals surface area (Å²) in [5.74, 6) is 0.109. The standard InChI is InChI=1S/C26H30N4O4/c1-5-29-21-15-17(9-8-14-27-25(33)34-26(2,3)4)12-13-20(21)28-22(29)16-30-23(31)18-10-6-7-11-19(18)24(30)32/h6-7,10-13,15H,5,8-9,14,16H2,1-4H3,(H,27,33). The number of rotatable bonds is 7. The number of aryl methyl sites for hydroxylation is 2. The van der Waals surface area contributed by atoms with E-state index in [1.807, 2.05) is 44.4 Å². The van der Waals surface area contributed by atoms with Crippen molar-refractivity contribution in [2.24, 2.45) is 0 Å². The van der Waals surface area contributed by atoms with Gasteiger partial charge in [0.05, 0.1) is 28.7 Å². The van der Waals surface area contributed by atoms with Gasteiger partial charge >= 0.3 is 6.09 Å². The molecule has 0 unspecified atom stereocenters. The summed E-state index contributed by atoms with van der Waals surface area (Å²) in [6, 6.07) is 13.0. The molecular weight excluding hydrogens is 432 g/mol. The Balaban J connectivity index is 1.45. The molecule has 0 bridgehead atoms. The normalized spacial score (nSPS) is 13.5. The van der Waals surface area contributed by atoms with Gasteiger partial charge in [0, 0.05) is 13.1 Å². The lowest BCUT2D eigenvalue weighted by Gasteiger charge is -2.19. The Labute approximate surface area is 198 Å². The fourth-order valence-electron chi connectivity index (χ4n) is 4.17. The summed E-state index contributed by atoms with van der Waals surface area (Å²) < 4.78 is 7.30. The molecule has 34 heavy (non-hydrogen) atoms. The number of aromatic nitrogens is 2. The smallest absolute Gasteiger partial charge is 0.407 e. The number of alkyl carbamates (subject to hydrolysis) is 1. The molecule has 1 N–H and O–H groups in total. The van der Waals surface area contributed by atoms with E-state index in [4.69, 9.17) is 9.72 Å². The van der Waals surface area contributed by atoms with Gasteiger partial charge in [0.15, 0.2) is 0 Å². The number of hydrogen-bond acceptors (Lipinski definition) is 5. The molecule has 0 radical (unpaired) electrons. The average molecular weight is 463 g/mol. The first kappa shape index (κ1) is 23.5. The second kappa shape index (κ2) is 9.29. The molecule has 1 aliphatic rings. The third-order valence-corrected chi connectivity index (χ3v) is 5.70. The van der Waals surface area contributed by atoms with Gasteiger partial charge < -0.3 is 14.6 Å². The van der Waals surface area contributed by atoms with Crippen molar-refractivity contribution in [3.8, 4) is 0 Å². The maximum Gasteiger partial charge on any atom is 0.407 e. The molecule has 0 fully saturated rings. The Hall–Kier alpha value is -3.68. The van der Waals surface area contributed by atoms with Gasteiger partial charge in [-0.05, 0) is 70.4 Å². The van der Waals surface area contributed by atoms with E-state index in [0.29, 0.717) is 30.0 Å². The number of imide groups is 1. The van der Waals surface area contributed by atoms with Crippen molar-refractivity contribution in [2.75, 3.05) is 6.54 Å². The van der Waals surface area contributed by atoms with Crippen molar-refractivity contribution < 1.29 is 19.1 Å². The Morgan fingerprint density at radius 3 is 2.35 bits per heavy atom. The molecule has 0 spiro atoms. The average Bonchev–Trinajstić information content (AvgIpc) is 3.25. The zero-order valence-electron chi connectivity index (χ0n) is 20.1. The number of carbonyl (C=O) groups is 3. The van der Waals surface area contributed by atoms with Gasteiger partial charge in [-0.25, -0.2) is 9.78 Å². The lowest BCUT2D eigenvalue weighted by molar-refractivity contribution is 0.0526. The molecule has 0 aliphatic carbocycles. The minimum absolute atomic E-state index is 0.129. The van der Waals surface area contributed by atoms with E-state index in [9.17, 15) is 14.4 Å². The molecule has 3 amide bonds. The number of amides is 3. The third-order valence-electron chi connectivity index (χ3n) is 5.70. The SMILES string of the molecule is CCn1c(CN2C(=O)c3ccccc3C2=O)nc2ccc(CCCNC(=O)OC(C)(C)C)cc21. The lowest BCUT2D eigenvalue weighted by Crippen LogP contribution is -2.33. The Morgan fingerprint density at radius 1 is 1.06 bits per heavy atom. The Morgan fingerprint density at radius 2 is 1.74 bits per heavy atom. The number of hydrogen-bond donors (Lipinski definition) is 1. The summed E-state index contributed by atoms with van der Waals surface area (Å²) in [5, 5.41) is 2.78. The van der Waals surface area contributed by atoms with Crippen LogP contribution in [-0.2, 0) is 24.2 Å². The quantitative estimate of drug-likeness (QED) is 0.417. The Bertz CT molecular complexity index is 1220. The van der Waals surface area contributed by atoms with Gasteiger partial charge in [0.25, 0.3) is 11.8 Å². The Kier molecular flexibility index (Phi) is 6.41.